The molecule has 7 nitrogen and oxygen atoms in total. The van der Waals surface area contributed by atoms with Crippen molar-refractivity contribution in [3.05, 3.63) is 54.1 Å². The molecule has 158 valence electrons. The fourth-order valence-electron chi connectivity index (χ4n) is 2.88. The predicted molar refractivity (Wildman–Crippen MR) is 114 cm³/mol. The van der Waals surface area contributed by atoms with E-state index in [1.54, 1.807) is 38.1 Å². The van der Waals surface area contributed by atoms with Crippen molar-refractivity contribution >= 4 is 21.6 Å². The Morgan fingerprint density at radius 2 is 1.72 bits per heavy atom. The zero-order chi connectivity index (χ0) is 21.6. The summed E-state index contributed by atoms with van der Waals surface area (Å²) in [7, 11) is -2.15. The number of para-hydroxylation sites is 1. The Hall–Kier alpha value is -2.74. The normalized spacial score (nSPS) is 13.3. The smallest absolute Gasteiger partial charge is 0.243 e. The Morgan fingerprint density at radius 3 is 2.28 bits per heavy atom. The molecule has 0 saturated heterocycles. The van der Waals surface area contributed by atoms with Crippen LogP contribution in [0.3, 0.4) is 0 Å². The van der Waals surface area contributed by atoms with Crippen LogP contribution in [0.2, 0.25) is 0 Å². The summed E-state index contributed by atoms with van der Waals surface area (Å²) < 4.78 is 36.7. The standard InChI is InChI=1S/C21H28N2O5S/c1-15-8-6-7-9-20(15)28-14-16(2)22-21(24)17(3)23(29(5,25)26)18-10-12-19(27-4)13-11-18/h6-13,16-17H,14H2,1-5H3,(H,22,24)/t16-,17+/m1/s1. The van der Waals surface area contributed by atoms with Crippen LogP contribution in [0.1, 0.15) is 19.4 Å². The summed E-state index contributed by atoms with van der Waals surface area (Å²) in [5.41, 5.74) is 1.39. The van der Waals surface area contributed by atoms with Crippen LogP contribution in [0, 0.1) is 6.92 Å². The largest absolute Gasteiger partial charge is 0.497 e. The number of methoxy groups -OCH3 is 1. The van der Waals surface area contributed by atoms with Crippen molar-refractivity contribution in [1.82, 2.24) is 5.32 Å². The van der Waals surface area contributed by atoms with Gasteiger partial charge in [0.2, 0.25) is 15.9 Å². The molecular formula is C21H28N2O5S. The lowest BCUT2D eigenvalue weighted by Gasteiger charge is -2.29. The van der Waals surface area contributed by atoms with Gasteiger partial charge < -0.3 is 14.8 Å². The number of hydrogen-bond donors (Lipinski definition) is 1. The lowest BCUT2D eigenvalue weighted by Crippen LogP contribution is -2.50. The molecule has 1 amide bonds. The van der Waals surface area contributed by atoms with Crippen LogP contribution in [0.5, 0.6) is 11.5 Å². The first-order chi connectivity index (χ1) is 13.6. The van der Waals surface area contributed by atoms with E-state index < -0.39 is 22.0 Å². The van der Waals surface area contributed by atoms with E-state index in [4.69, 9.17) is 9.47 Å². The fourth-order valence-corrected chi connectivity index (χ4v) is 4.05. The molecule has 0 aromatic heterocycles. The number of anilines is 1. The highest BCUT2D eigenvalue weighted by atomic mass is 32.2. The first-order valence-electron chi connectivity index (χ1n) is 9.25. The Kier molecular flexibility index (Phi) is 7.50. The third-order valence-electron chi connectivity index (χ3n) is 4.39. The highest BCUT2D eigenvalue weighted by Crippen LogP contribution is 2.24. The molecule has 0 aliphatic carbocycles. The van der Waals surface area contributed by atoms with Crippen molar-refractivity contribution in [2.24, 2.45) is 0 Å². The zero-order valence-electron chi connectivity index (χ0n) is 17.4. The molecule has 0 spiro atoms. The molecule has 1 N–H and O–H groups in total. The number of carbonyl (C=O) groups excluding carboxylic acids is 1. The summed E-state index contributed by atoms with van der Waals surface area (Å²) in [4.78, 5) is 12.7. The van der Waals surface area contributed by atoms with Gasteiger partial charge in [-0.3, -0.25) is 9.10 Å². The second-order valence-electron chi connectivity index (χ2n) is 6.92. The highest BCUT2D eigenvalue weighted by Gasteiger charge is 2.29. The Morgan fingerprint density at radius 1 is 1.10 bits per heavy atom. The highest BCUT2D eigenvalue weighted by molar-refractivity contribution is 7.92. The monoisotopic (exact) mass is 420 g/mol. The summed E-state index contributed by atoms with van der Waals surface area (Å²) in [5.74, 6) is 0.936. The maximum atomic E-state index is 12.7. The number of nitrogens with one attached hydrogen (secondary N) is 1. The number of sulfonamides is 1. The average Bonchev–Trinajstić information content (AvgIpc) is 2.67. The Bertz CT molecular complexity index is 928. The molecule has 0 aliphatic rings. The number of ether oxygens (including phenoxy) is 2. The molecule has 2 aromatic rings. The van der Waals surface area contributed by atoms with E-state index in [0.717, 1.165) is 21.9 Å². The minimum Gasteiger partial charge on any atom is -0.497 e. The van der Waals surface area contributed by atoms with Crippen molar-refractivity contribution in [3.63, 3.8) is 0 Å². The lowest BCUT2D eigenvalue weighted by molar-refractivity contribution is -0.122. The number of hydrogen-bond acceptors (Lipinski definition) is 5. The topological polar surface area (TPSA) is 84.9 Å². The lowest BCUT2D eigenvalue weighted by atomic mass is 10.2. The van der Waals surface area contributed by atoms with Gasteiger partial charge >= 0.3 is 0 Å². The van der Waals surface area contributed by atoms with Gasteiger partial charge in [0, 0.05) is 0 Å². The maximum Gasteiger partial charge on any atom is 0.243 e. The van der Waals surface area contributed by atoms with Gasteiger partial charge in [-0.2, -0.15) is 0 Å². The maximum absolute atomic E-state index is 12.7. The van der Waals surface area contributed by atoms with Crippen molar-refractivity contribution in [2.75, 3.05) is 24.3 Å². The number of carbonyl (C=O) groups is 1. The van der Waals surface area contributed by atoms with E-state index >= 15 is 0 Å². The van der Waals surface area contributed by atoms with Gasteiger partial charge in [0.15, 0.2) is 0 Å². The Balaban J connectivity index is 2.07. The number of amides is 1. The summed E-state index contributed by atoms with van der Waals surface area (Å²) >= 11 is 0. The van der Waals surface area contributed by atoms with Crippen molar-refractivity contribution in [1.29, 1.82) is 0 Å². The van der Waals surface area contributed by atoms with Crippen LogP contribution in [0.4, 0.5) is 5.69 Å². The van der Waals surface area contributed by atoms with Crippen LogP contribution in [-0.2, 0) is 14.8 Å². The van der Waals surface area contributed by atoms with Crippen molar-refractivity contribution < 1.29 is 22.7 Å². The van der Waals surface area contributed by atoms with Gasteiger partial charge in [-0.25, -0.2) is 8.42 Å². The second kappa shape index (κ2) is 9.65. The molecule has 2 aromatic carbocycles. The van der Waals surface area contributed by atoms with Gasteiger partial charge in [0.1, 0.15) is 24.1 Å². The molecule has 2 rings (SSSR count). The molecular weight excluding hydrogens is 392 g/mol. The molecule has 0 heterocycles. The first-order valence-corrected chi connectivity index (χ1v) is 11.1. The van der Waals surface area contributed by atoms with E-state index in [1.807, 2.05) is 31.2 Å². The van der Waals surface area contributed by atoms with Gasteiger partial charge in [-0.15, -0.1) is 0 Å². The number of aryl methyl sites for hydroxylation is 1. The van der Waals surface area contributed by atoms with Crippen LogP contribution in [-0.4, -0.2) is 46.4 Å². The fraction of sp³-hybridized carbons (Fsp3) is 0.381. The Labute approximate surface area is 172 Å². The molecule has 2 atom stereocenters. The molecule has 0 aliphatic heterocycles. The summed E-state index contributed by atoms with van der Waals surface area (Å²) in [6.45, 7) is 5.57. The number of benzene rings is 2. The third kappa shape index (κ3) is 6.12. The van der Waals surface area contributed by atoms with Gasteiger partial charge in [0.05, 0.1) is 25.1 Å². The molecule has 8 heteroatoms. The summed E-state index contributed by atoms with van der Waals surface area (Å²) in [5, 5.41) is 2.82. The minimum atomic E-state index is -3.68. The summed E-state index contributed by atoms with van der Waals surface area (Å²) in [6.07, 6.45) is 1.08. The van der Waals surface area contributed by atoms with E-state index in [0.29, 0.717) is 11.4 Å². The minimum absolute atomic E-state index is 0.269. The third-order valence-corrected chi connectivity index (χ3v) is 5.63. The van der Waals surface area contributed by atoms with Crippen LogP contribution >= 0.6 is 0 Å². The molecule has 0 bridgehead atoms. The molecule has 0 fully saturated rings. The van der Waals surface area contributed by atoms with Gasteiger partial charge in [0.25, 0.3) is 0 Å². The van der Waals surface area contributed by atoms with E-state index in [2.05, 4.69) is 5.32 Å². The van der Waals surface area contributed by atoms with E-state index in [1.165, 1.54) is 7.11 Å². The van der Waals surface area contributed by atoms with Crippen LogP contribution in [0.15, 0.2) is 48.5 Å². The second-order valence-corrected chi connectivity index (χ2v) is 8.78. The number of nitrogens with zero attached hydrogens (tertiary/aromatic N) is 1. The predicted octanol–water partition coefficient (Wildman–Crippen LogP) is 2.74. The first kappa shape index (κ1) is 22.5. The molecule has 0 unspecified atom stereocenters. The van der Waals surface area contributed by atoms with Crippen LogP contribution in [0.25, 0.3) is 0 Å². The molecule has 0 radical (unpaired) electrons. The average molecular weight is 421 g/mol. The molecule has 0 saturated carbocycles. The summed E-state index contributed by atoms with van der Waals surface area (Å²) in [6, 6.07) is 12.9. The van der Waals surface area contributed by atoms with Gasteiger partial charge in [-0.1, -0.05) is 18.2 Å². The van der Waals surface area contributed by atoms with Crippen molar-refractivity contribution in [3.8, 4) is 11.5 Å². The van der Waals surface area contributed by atoms with E-state index in [9.17, 15) is 13.2 Å². The van der Waals surface area contributed by atoms with Gasteiger partial charge in [-0.05, 0) is 56.7 Å². The van der Waals surface area contributed by atoms with E-state index in [-0.39, 0.29) is 12.6 Å². The molecule has 29 heavy (non-hydrogen) atoms. The number of rotatable bonds is 9. The zero-order valence-corrected chi connectivity index (χ0v) is 18.2. The SMILES string of the molecule is COc1ccc(N([C@@H](C)C(=O)N[C@H](C)COc2ccccc2C)S(C)(=O)=O)cc1. The quantitative estimate of drug-likeness (QED) is 0.674. The van der Waals surface area contributed by atoms with Crippen LogP contribution < -0.4 is 19.1 Å². The van der Waals surface area contributed by atoms with Crippen molar-refractivity contribution in [2.45, 2.75) is 32.9 Å².